The minimum Gasteiger partial charge on any atom is -0.354 e. The Morgan fingerprint density at radius 1 is 1.07 bits per heavy atom. The molecular formula is C21H21ClN4O. The SMILES string of the molecule is Cc1ccc(C)c(NC(=O)c2ccnc(NCCc3ccc(Cl)cc3)n2)c1. The number of anilines is 2. The maximum absolute atomic E-state index is 12.5. The summed E-state index contributed by atoms with van der Waals surface area (Å²) in [7, 11) is 0. The van der Waals surface area contributed by atoms with E-state index in [-0.39, 0.29) is 5.91 Å². The number of hydrogen-bond donors (Lipinski definition) is 2. The van der Waals surface area contributed by atoms with E-state index in [2.05, 4.69) is 20.6 Å². The third-order valence-corrected chi connectivity index (χ3v) is 4.39. The molecule has 3 aromatic rings. The van der Waals surface area contributed by atoms with Crippen LogP contribution in [0.4, 0.5) is 11.6 Å². The lowest BCUT2D eigenvalue weighted by Crippen LogP contribution is -2.16. The first-order chi connectivity index (χ1) is 13.0. The van der Waals surface area contributed by atoms with Gasteiger partial charge in [-0.05, 0) is 61.2 Å². The molecule has 0 spiro atoms. The summed E-state index contributed by atoms with van der Waals surface area (Å²) in [5.41, 5.74) is 4.36. The number of carbonyl (C=O) groups excluding carboxylic acids is 1. The van der Waals surface area contributed by atoms with Gasteiger partial charge < -0.3 is 10.6 Å². The van der Waals surface area contributed by atoms with Gasteiger partial charge in [0.05, 0.1) is 0 Å². The molecule has 5 nitrogen and oxygen atoms in total. The topological polar surface area (TPSA) is 66.9 Å². The normalized spacial score (nSPS) is 10.5. The van der Waals surface area contributed by atoms with Gasteiger partial charge in [-0.25, -0.2) is 9.97 Å². The molecule has 27 heavy (non-hydrogen) atoms. The number of halogens is 1. The molecule has 0 unspecified atom stereocenters. The summed E-state index contributed by atoms with van der Waals surface area (Å²) in [5.74, 6) is 0.171. The van der Waals surface area contributed by atoms with Gasteiger partial charge in [-0.2, -0.15) is 0 Å². The van der Waals surface area contributed by atoms with E-state index >= 15 is 0 Å². The molecule has 3 rings (SSSR count). The number of nitrogens with zero attached hydrogens (tertiary/aromatic N) is 2. The summed E-state index contributed by atoms with van der Waals surface area (Å²) in [5, 5.41) is 6.78. The first kappa shape index (κ1) is 18.9. The molecule has 0 aliphatic rings. The Morgan fingerprint density at radius 3 is 2.63 bits per heavy atom. The Hall–Kier alpha value is -2.92. The lowest BCUT2D eigenvalue weighted by Gasteiger charge is -2.10. The highest BCUT2D eigenvalue weighted by molar-refractivity contribution is 6.30. The highest BCUT2D eigenvalue weighted by Gasteiger charge is 2.10. The average molecular weight is 381 g/mol. The predicted molar refractivity (Wildman–Crippen MR) is 110 cm³/mol. The number of nitrogens with one attached hydrogen (secondary N) is 2. The van der Waals surface area contributed by atoms with Gasteiger partial charge in [0.2, 0.25) is 5.95 Å². The van der Waals surface area contributed by atoms with Gasteiger partial charge in [0.15, 0.2) is 0 Å². The highest BCUT2D eigenvalue weighted by atomic mass is 35.5. The molecule has 2 N–H and O–H groups in total. The van der Waals surface area contributed by atoms with Crippen LogP contribution in [0.2, 0.25) is 5.02 Å². The van der Waals surface area contributed by atoms with Gasteiger partial charge in [-0.3, -0.25) is 4.79 Å². The molecule has 0 saturated carbocycles. The lowest BCUT2D eigenvalue weighted by atomic mass is 10.1. The zero-order valence-electron chi connectivity index (χ0n) is 15.3. The van der Waals surface area contributed by atoms with Crippen LogP contribution in [0.15, 0.2) is 54.7 Å². The summed E-state index contributed by atoms with van der Waals surface area (Å²) < 4.78 is 0. The molecule has 0 aliphatic carbocycles. The Kier molecular flexibility index (Phi) is 6.04. The van der Waals surface area contributed by atoms with Crippen molar-refractivity contribution in [2.45, 2.75) is 20.3 Å². The molecule has 1 aromatic heterocycles. The van der Waals surface area contributed by atoms with Crippen molar-refractivity contribution in [3.05, 3.63) is 82.1 Å². The van der Waals surface area contributed by atoms with Crippen LogP contribution >= 0.6 is 11.6 Å². The van der Waals surface area contributed by atoms with E-state index in [4.69, 9.17) is 11.6 Å². The van der Waals surface area contributed by atoms with Crippen LogP contribution in [-0.2, 0) is 6.42 Å². The Balaban J connectivity index is 1.61. The van der Waals surface area contributed by atoms with Crippen LogP contribution in [0.5, 0.6) is 0 Å². The van der Waals surface area contributed by atoms with Crippen molar-refractivity contribution in [2.24, 2.45) is 0 Å². The summed E-state index contributed by atoms with van der Waals surface area (Å²) in [6.07, 6.45) is 2.38. The molecule has 0 bridgehead atoms. The van der Waals surface area contributed by atoms with Crippen LogP contribution in [0.1, 0.15) is 27.2 Å². The molecule has 138 valence electrons. The number of hydrogen-bond acceptors (Lipinski definition) is 4. The molecule has 1 amide bonds. The second kappa shape index (κ2) is 8.64. The van der Waals surface area contributed by atoms with E-state index in [1.807, 2.05) is 56.3 Å². The molecule has 6 heteroatoms. The van der Waals surface area contributed by atoms with E-state index in [0.29, 0.717) is 18.2 Å². The average Bonchev–Trinajstić information content (AvgIpc) is 2.66. The van der Waals surface area contributed by atoms with Crippen molar-refractivity contribution in [3.63, 3.8) is 0 Å². The summed E-state index contributed by atoms with van der Waals surface area (Å²) >= 11 is 5.89. The van der Waals surface area contributed by atoms with Gasteiger partial charge in [0.1, 0.15) is 5.69 Å². The Morgan fingerprint density at radius 2 is 1.85 bits per heavy atom. The lowest BCUT2D eigenvalue weighted by molar-refractivity contribution is 0.102. The van der Waals surface area contributed by atoms with Crippen LogP contribution in [0, 0.1) is 13.8 Å². The fourth-order valence-electron chi connectivity index (χ4n) is 2.60. The fourth-order valence-corrected chi connectivity index (χ4v) is 2.72. The standard InChI is InChI=1S/C21H21ClN4O/c1-14-3-4-15(2)19(13-14)25-20(27)18-10-12-24-21(26-18)23-11-9-16-5-7-17(22)8-6-16/h3-8,10,12-13H,9,11H2,1-2H3,(H,25,27)(H,23,24,26). The maximum atomic E-state index is 12.5. The molecule has 0 fully saturated rings. The largest absolute Gasteiger partial charge is 0.354 e. The summed E-state index contributed by atoms with van der Waals surface area (Å²) in [6, 6.07) is 15.2. The number of aryl methyl sites for hydroxylation is 2. The van der Waals surface area contributed by atoms with Crippen molar-refractivity contribution in [1.82, 2.24) is 9.97 Å². The van der Waals surface area contributed by atoms with Crippen LogP contribution in [0.25, 0.3) is 0 Å². The van der Waals surface area contributed by atoms with Gasteiger partial charge in [-0.15, -0.1) is 0 Å². The number of carbonyl (C=O) groups is 1. The van der Waals surface area contributed by atoms with Gasteiger partial charge >= 0.3 is 0 Å². The molecule has 0 radical (unpaired) electrons. The van der Waals surface area contributed by atoms with Crippen molar-refractivity contribution in [1.29, 1.82) is 0 Å². The molecule has 0 aliphatic heterocycles. The van der Waals surface area contributed by atoms with E-state index in [9.17, 15) is 4.79 Å². The third kappa shape index (κ3) is 5.28. The second-order valence-electron chi connectivity index (χ2n) is 6.34. The van der Waals surface area contributed by atoms with Crippen molar-refractivity contribution in [2.75, 3.05) is 17.2 Å². The Labute approximate surface area is 163 Å². The van der Waals surface area contributed by atoms with Crippen LogP contribution in [0.3, 0.4) is 0 Å². The minimum absolute atomic E-state index is 0.258. The molecular weight excluding hydrogens is 360 g/mol. The number of amides is 1. The van der Waals surface area contributed by atoms with E-state index in [1.165, 1.54) is 0 Å². The first-order valence-corrected chi connectivity index (χ1v) is 9.09. The van der Waals surface area contributed by atoms with E-state index in [1.54, 1.807) is 12.3 Å². The van der Waals surface area contributed by atoms with Crippen LogP contribution in [-0.4, -0.2) is 22.4 Å². The quantitative estimate of drug-likeness (QED) is 0.653. The van der Waals surface area contributed by atoms with Gasteiger partial charge in [0, 0.05) is 23.5 Å². The first-order valence-electron chi connectivity index (χ1n) is 8.71. The van der Waals surface area contributed by atoms with Crippen molar-refractivity contribution in [3.8, 4) is 0 Å². The smallest absolute Gasteiger partial charge is 0.274 e. The summed E-state index contributed by atoms with van der Waals surface area (Å²) in [6.45, 7) is 4.60. The zero-order valence-corrected chi connectivity index (χ0v) is 16.0. The van der Waals surface area contributed by atoms with Crippen molar-refractivity contribution < 1.29 is 4.79 Å². The number of aromatic nitrogens is 2. The Bertz CT molecular complexity index is 941. The second-order valence-corrected chi connectivity index (χ2v) is 6.78. The molecule has 0 saturated heterocycles. The zero-order chi connectivity index (χ0) is 19.2. The minimum atomic E-state index is -0.258. The predicted octanol–water partition coefficient (Wildman–Crippen LogP) is 4.65. The molecule has 0 atom stereocenters. The van der Waals surface area contributed by atoms with Crippen molar-refractivity contribution >= 4 is 29.1 Å². The maximum Gasteiger partial charge on any atom is 0.274 e. The fraction of sp³-hybridized carbons (Fsp3) is 0.190. The van der Waals surface area contributed by atoms with Gasteiger partial charge in [0.25, 0.3) is 5.91 Å². The highest BCUT2D eigenvalue weighted by Crippen LogP contribution is 2.17. The number of rotatable bonds is 6. The summed E-state index contributed by atoms with van der Waals surface area (Å²) in [4.78, 5) is 21.0. The number of benzene rings is 2. The van der Waals surface area contributed by atoms with E-state index in [0.717, 1.165) is 33.8 Å². The van der Waals surface area contributed by atoms with E-state index < -0.39 is 0 Å². The van der Waals surface area contributed by atoms with Crippen LogP contribution < -0.4 is 10.6 Å². The molecule has 1 heterocycles. The third-order valence-electron chi connectivity index (χ3n) is 4.14. The van der Waals surface area contributed by atoms with Gasteiger partial charge in [-0.1, -0.05) is 35.9 Å². The molecule has 2 aromatic carbocycles. The monoisotopic (exact) mass is 380 g/mol.